The Labute approximate surface area is 133 Å². The maximum atomic E-state index is 4.45. The molecule has 0 amide bonds. The Morgan fingerprint density at radius 3 is 2.52 bits per heavy atom. The topological polar surface area (TPSA) is 29.9 Å². The van der Waals surface area contributed by atoms with Crippen molar-refractivity contribution in [2.24, 2.45) is 7.05 Å². The minimum absolute atomic E-state index is 0.799. The van der Waals surface area contributed by atoms with Gasteiger partial charge >= 0.3 is 0 Å². The number of halogens is 1. The first-order chi connectivity index (χ1) is 10.0. The number of nitrogens with zero attached hydrogens (tertiary/aromatic N) is 2. The van der Waals surface area contributed by atoms with E-state index in [0.29, 0.717) is 0 Å². The largest absolute Gasteiger partial charge is 0.381 e. The molecule has 0 saturated heterocycles. The molecule has 1 N–H and O–H groups in total. The molecule has 0 unspecified atom stereocenters. The molecule has 108 valence electrons. The van der Waals surface area contributed by atoms with E-state index in [2.05, 4.69) is 76.6 Å². The van der Waals surface area contributed by atoms with Crippen molar-refractivity contribution >= 4 is 32.4 Å². The van der Waals surface area contributed by atoms with Crippen LogP contribution in [-0.4, -0.2) is 9.78 Å². The van der Waals surface area contributed by atoms with Gasteiger partial charge in [0.1, 0.15) is 0 Å². The lowest BCUT2D eigenvalue weighted by Gasteiger charge is -2.08. The average Bonchev–Trinajstić information content (AvgIpc) is 2.70. The smallest absolute Gasteiger partial charge is 0.0646 e. The molecular weight excluding hydrogens is 326 g/mol. The molecule has 0 radical (unpaired) electrons. The van der Waals surface area contributed by atoms with Crippen LogP contribution < -0.4 is 5.32 Å². The molecule has 0 aliphatic carbocycles. The number of hydrogen-bond acceptors (Lipinski definition) is 2. The maximum Gasteiger partial charge on any atom is 0.0646 e. The van der Waals surface area contributed by atoms with Crippen LogP contribution in [0.4, 0.5) is 5.69 Å². The van der Waals surface area contributed by atoms with Gasteiger partial charge in [0.05, 0.1) is 5.69 Å². The molecule has 0 aliphatic rings. The Morgan fingerprint density at radius 2 is 1.81 bits per heavy atom. The molecule has 4 heteroatoms. The molecule has 3 rings (SSSR count). The molecule has 0 bridgehead atoms. The Bertz CT molecular complexity index is 805. The Balaban J connectivity index is 1.83. The summed E-state index contributed by atoms with van der Waals surface area (Å²) in [7, 11) is 1.99. The SMILES string of the molecule is Cc1nn(C)c(C)c1CNc1ccc2cc(Br)ccc2c1. The molecule has 0 spiro atoms. The van der Waals surface area contributed by atoms with E-state index >= 15 is 0 Å². The van der Waals surface area contributed by atoms with Crippen LogP contribution in [0.3, 0.4) is 0 Å². The van der Waals surface area contributed by atoms with E-state index in [-0.39, 0.29) is 0 Å². The molecule has 3 aromatic rings. The highest BCUT2D eigenvalue weighted by Gasteiger charge is 2.08. The average molecular weight is 344 g/mol. The van der Waals surface area contributed by atoms with Gasteiger partial charge in [-0.15, -0.1) is 0 Å². The van der Waals surface area contributed by atoms with E-state index in [1.165, 1.54) is 22.0 Å². The Kier molecular flexibility index (Phi) is 3.72. The van der Waals surface area contributed by atoms with E-state index in [4.69, 9.17) is 0 Å². The predicted molar refractivity (Wildman–Crippen MR) is 91.7 cm³/mol. The van der Waals surface area contributed by atoms with E-state index in [9.17, 15) is 0 Å². The zero-order chi connectivity index (χ0) is 15.0. The quantitative estimate of drug-likeness (QED) is 0.755. The van der Waals surface area contributed by atoms with Crippen molar-refractivity contribution < 1.29 is 0 Å². The van der Waals surface area contributed by atoms with Crippen molar-refractivity contribution in [3.8, 4) is 0 Å². The lowest BCUT2D eigenvalue weighted by Crippen LogP contribution is -2.02. The van der Waals surface area contributed by atoms with Crippen LogP contribution in [0.25, 0.3) is 10.8 Å². The molecule has 0 fully saturated rings. The normalized spacial score (nSPS) is 11.0. The van der Waals surface area contributed by atoms with Crippen LogP contribution in [-0.2, 0) is 13.6 Å². The summed E-state index contributed by atoms with van der Waals surface area (Å²) in [4.78, 5) is 0. The summed E-state index contributed by atoms with van der Waals surface area (Å²) in [6.07, 6.45) is 0. The van der Waals surface area contributed by atoms with Crippen molar-refractivity contribution in [1.29, 1.82) is 0 Å². The molecule has 0 saturated carbocycles. The third-order valence-electron chi connectivity index (χ3n) is 3.93. The second-order valence-corrected chi connectivity index (χ2v) is 6.25. The molecule has 0 aliphatic heterocycles. The van der Waals surface area contributed by atoms with Gasteiger partial charge in [0.2, 0.25) is 0 Å². The van der Waals surface area contributed by atoms with E-state index in [0.717, 1.165) is 22.4 Å². The van der Waals surface area contributed by atoms with Crippen LogP contribution in [0.2, 0.25) is 0 Å². The fourth-order valence-electron chi connectivity index (χ4n) is 2.59. The number of nitrogens with one attached hydrogen (secondary N) is 1. The van der Waals surface area contributed by atoms with Crippen molar-refractivity contribution in [3.05, 3.63) is 57.8 Å². The summed E-state index contributed by atoms with van der Waals surface area (Å²) < 4.78 is 3.04. The Morgan fingerprint density at radius 1 is 1.10 bits per heavy atom. The zero-order valence-electron chi connectivity index (χ0n) is 12.4. The van der Waals surface area contributed by atoms with Gasteiger partial charge < -0.3 is 5.32 Å². The van der Waals surface area contributed by atoms with Crippen LogP contribution in [0, 0.1) is 13.8 Å². The van der Waals surface area contributed by atoms with Crippen LogP contribution in [0.5, 0.6) is 0 Å². The highest BCUT2D eigenvalue weighted by molar-refractivity contribution is 9.10. The number of aromatic nitrogens is 2. The van der Waals surface area contributed by atoms with Gasteiger partial charge in [-0.2, -0.15) is 5.10 Å². The molecule has 0 atom stereocenters. The maximum absolute atomic E-state index is 4.45. The predicted octanol–water partition coefficient (Wildman–Crippen LogP) is 4.56. The highest BCUT2D eigenvalue weighted by atomic mass is 79.9. The lowest BCUT2D eigenvalue weighted by molar-refractivity contribution is 0.730. The van der Waals surface area contributed by atoms with Gasteiger partial charge in [-0.25, -0.2) is 0 Å². The third kappa shape index (κ3) is 2.81. The fourth-order valence-corrected chi connectivity index (χ4v) is 2.97. The molecule has 21 heavy (non-hydrogen) atoms. The standard InChI is InChI=1S/C17H18BrN3/c1-11-17(12(2)21(3)20-11)10-19-16-7-5-13-8-15(18)6-4-14(13)9-16/h4-9,19H,10H2,1-3H3. The van der Waals surface area contributed by atoms with Gasteiger partial charge in [0, 0.05) is 35.0 Å². The number of anilines is 1. The zero-order valence-corrected chi connectivity index (χ0v) is 14.0. The first-order valence-corrected chi connectivity index (χ1v) is 7.76. The monoisotopic (exact) mass is 343 g/mol. The van der Waals surface area contributed by atoms with Crippen LogP contribution in [0.1, 0.15) is 17.0 Å². The van der Waals surface area contributed by atoms with E-state index < -0.39 is 0 Å². The van der Waals surface area contributed by atoms with Gasteiger partial charge in [-0.1, -0.05) is 28.1 Å². The van der Waals surface area contributed by atoms with Gasteiger partial charge in [-0.05, 0) is 48.9 Å². The second kappa shape index (κ2) is 5.53. The van der Waals surface area contributed by atoms with Gasteiger partial charge in [-0.3, -0.25) is 4.68 Å². The first-order valence-electron chi connectivity index (χ1n) is 6.97. The summed E-state index contributed by atoms with van der Waals surface area (Å²) in [6, 6.07) is 12.8. The number of benzene rings is 2. The number of aryl methyl sites for hydroxylation is 2. The molecular formula is C17H18BrN3. The van der Waals surface area contributed by atoms with E-state index in [1.54, 1.807) is 0 Å². The van der Waals surface area contributed by atoms with Crippen molar-refractivity contribution in [1.82, 2.24) is 9.78 Å². The summed E-state index contributed by atoms with van der Waals surface area (Å²) in [5, 5.41) is 10.4. The summed E-state index contributed by atoms with van der Waals surface area (Å²) >= 11 is 3.51. The fraction of sp³-hybridized carbons (Fsp3) is 0.235. The minimum Gasteiger partial charge on any atom is -0.381 e. The van der Waals surface area contributed by atoms with Crippen molar-refractivity contribution in [3.63, 3.8) is 0 Å². The molecule has 3 nitrogen and oxygen atoms in total. The minimum atomic E-state index is 0.799. The molecule has 2 aromatic carbocycles. The second-order valence-electron chi connectivity index (χ2n) is 5.33. The lowest BCUT2D eigenvalue weighted by atomic mass is 10.1. The van der Waals surface area contributed by atoms with E-state index in [1.807, 2.05) is 11.7 Å². The Hall–Kier alpha value is -1.81. The first kappa shape index (κ1) is 14.1. The summed E-state index contributed by atoms with van der Waals surface area (Å²) in [5.41, 5.74) is 4.71. The van der Waals surface area contributed by atoms with Crippen LogP contribution in [0.15, 0.2) is 40.9 Å². The summed E-state index contributed by atoms with van der Waals surface area (Å²) in [5.74, 6) is 0. The highest BCUT2D eigenvalue weighted by Crippen LogP contribution is 2.23. The number of hydrogen-bond donors (Lipinski definition) is 1. The van der Waals surface area contributed by atoms with Gasteiger partial charge in [0.15, 0.2) is 0 Å². The van der Waals surface area contributed by atoms with Crippen molar-refractivity contribution in [2.45, 2.75) is 20.4 Å². The van der Waals surface area contributed by atoms with Crippen LogP contribution >= 0.6 is 15.9 Å². The number of fused-ring (bicyclic) bond motifs is 1. The van der Waals surface area contributed by atoms with Crippen molar-refractivity contribution in [2.75, 3.05) is 5.32 Å². The third-order valence-corrected chi connectivity index (χ3v) is 4.42. The number of rotatable bonds is 3. The molecule has 1 aromatic heterocycles. The van der Waals surface area contributed by atoms with Gasteiger partial charge in [0.25, 0.3) is 0 Å². The molecule has 1 heterocycles. The summed E-state index contributed by atoms with van der Waals surface area (Å²) in [6.45, 7) is 4.96.